The van der Waals surface area contributed by atoms with Crippen molar-refractivity contribution in [3.8, 4) is 23.0 Å². The molecule has 1 saturated heterocycles. The van der Waals surface area contributed by atoms with E-state index in [-0.39, 0.29) is 17.3 Å². The molecule has 2 N–H and O–H groups in total. The van der Waals surface area contributed by atoms with Crippen molar-refractivity contribution in [3.05, 3.63) is 52.8 Å². The molecule has 2 aromatic rings. The normalized spacial score (nSPS) is 17.9. The van der Waals surface area contributed by atoms with Crippen LogP contribution in [0.25, 0.3) is 6.08 Å². The molecule has 2 heterocycles. The molecule has 7 heteroatoms. The van der Waals surface area contributed by atoms with Crippen LogP contribution >= 0.6 is 0 Å². The van der Waals surface area contributed by atoms with Crippen LogP contribution in [0.2, 0.25) is 0 Å². The summed E-state index contributed by atoms with van der Waals surface area (Å²) in [4.78, 5) is 14.2. The van der Waals surface area contributed by atoms with E-state index >= 15 is 0 Å². The number of fused-ring (bicyclic) bond motifs is 1. The summed E-state index contributed by atoms with van der Waals surface area (Å²) in [6.45, 7) is 3.66. The molecule has 0 aromatic heterocycles. The van der Waals surface area contributed by atoms with E-state index in [2.05, 4.69) is 0 Å². The van der Waals surface area contributed by atoms with Crippen molar-refractivity contribution in [2.75, 3.05) is 40.5 Å². The number of carbonyl (C=O) groups excluding carboxylic acids is 1. The second kappa shape index (κ2) is 8.14. The van der Waals surface area contributed by atoms with Crippen LogP contribution in [-0.2, 0) is 11.3 Å². The minimum absolute atomic E-state index is 0.142. The number of ketones is 1. The Hall–Kier alpha value is -3.03. The Bertz CT molecular complexity index is 962. The first-order valence-electron chi connectivity index (χ1n) is 9.53. The lowest BCUT2D eigenvalue weighted by atomic mass is 10.0. The van der Waals surface area contributed by atoms with E-state index in [1.807, 2.05) is 6.07 Å². The molecule has 2 aliphatic rings. The third-order valence-electron chi connectivity index (χ3n) is 5.25. The summed E-state index contributed by atoms with van der Waals surface area (Å²) in [6.07, 6.45) is 1.67. The maximum absolute atomic E-state index is 12.9. The predicted molar refractivity (Wildman–Crippen MR) is 106 cm³/mol. The number of methoxy groups -OCH3 is 2. The zero-order valence-electron chi connectivity index (χ0n) is 16.5. The number of phenols is 1. The average Bonchev–Trinajstić information content (AvgIpc) is 3.06. The molecule has 7 nitrogen and oxygen atoms in total. The lowest BCUT2D eigenvalue weighted by Gasteiger charge is -2.24. The zero-order chi connectivity index (χ0) is 20.4. The summed E-state index contributed by atoms with van der Waals surface area (Å²) < 4.78 is 21.9. The van der Waals surface area contributed by atoms with Gasteiger partial charge >= 0.3 is 0 Å². The van der Waals surface area contributed by atoms with E-state index in [1.54, 1.807) is 44.6 Å². The number of phenolic OH excluding ortho intramolecular Hbond substituents is 1. The molecule has 0 spiro atoms. The Labute approximate surface area is 169 Å². The Morgan fingerprint density at radius 1 is 1.10 bits per heavy atom. The van der Waals surface area contributed by atoms with Gasteiger partial charge < -0.3 is 29.0 Å². The van der Waals surface area contributed by atoms with Crippen LogP contribution in [-0.4, -0.2) is 51.4 Å². The Morgan fingerprint density at radius 3 is 2.59 bits per heavy atom. The van der Waals surface area contributed by atoms with Gasteiger partial charge in [0.05, 0.1) is 38.6 Å². The Morgan fingerprint density at radius 2 is 1.86 bits per heavy atom. The highest BCUT2D eigenvalue weighted by atomic mass is 16.5. The van der Waals surface area contributed by atoms with Gasteiger partial charge in [-0.15, -0.1) is 0 Å². The number of aromatic hydroxyl groups is 1. The minimum Gasteiger partial charge on any atom is -0.507 e. The number of carbonyl (C=O) groups is 1. The molecule has 29 heavy (non-hydrogen) atoms. The van der Waals surface area contributed by atoms with Crippen LogP contribution in [0, 0.1) is 0 Å². The summed E-state index contributed by atoms with van der Waals surface area (Å²) >= 11 is 0. The maximum atomic E-state index is 12.9. The average molecular weight is 398 g/mol. The Balaban J connectivity index is 1.64. The van der Waals surface area contributed by atoms with E-state index < -0.39 is 0 Å². The molecule has 2 aliphatic heterocycles. The molecule has 0 atom stereocenters. The number of rotatable bonds is 5. The van der Waals surface area contributed by atoms with Gasteiger partial charge in [-0.05, 0) is 35.9 Å². The van der Waals surface area contributed by atoms with Gasteiger partial charge in [-0.25, -0.2) is 0 Å². The van der Waals surface area contributed by atoms with Gasteiger partial charge in [0.25, 0.3) is 0 Å². The minimum atomic E-state index is -0.201. The first kappa shape index (κ1) is 19.3. The van der Waals surface area contributed by atoms with Crippen LogP contribution in [0.1, 0.15) is 21.5 Å². The highest BCUT2D eigenvalue weighted by Gasteiger charge is 2.32. The van der Waals surface area contributed by atoms with Crippen molar-refractivity contribution in [2.45, 2.75) is 6.54 Å². The summed E-state index contributed by atoms with van der Waals surface area (Å²) in [7, 11) is 3.13. The molecule has 1 fully saturated rings. The molecular weight excluding hydrogens is 374 g/mol. The van der Waals surface area contributed by atoms with Crippen LogP contribution in [0.3, 0.4) is 0 Å². The third-order valence-corrected chi connectivity index (χ3v) is 5.25. The number of ether oxygens (including phenoxy) is 4. The molecule has 4 rings (SSSR count). The largest absolute Gasteiger partial charge is 0.507 e. The topological polar surface area (TPSA) is 78.7 Å². The number of hydrogen-bond donors (Lipinski definition) is 2. The standard InChI is InChI=1S/C22H23NO6/c1-26-18-6-3-14(11-19(18)27-2)12-20-21(25)15-4-5-17(24)16(22(15)29-20)13-23-7-9-28-10-8-23/h3-6,11-12,24H,7-10,13H2,1-2H3/p+1/b20-12-. The van der Waals surface area contributed by atoms with Crippen LogP contribution in [0.15, 0.2) is 36.1 Å². The third kappa shape index (κ3) is 3.79. The molecule has 2 aromatic carbocycles. The van der Waals surface area contributed by atoms with E-state index in [1.165, 1.54) is 4.90 Å². The first-order valence-corrected chi connectivity index (χ1v) is 9.53. The van der Waals surface area contributed by atoms with Gasteiger partial charge in [0.2, 0.25) is 5.78 Å². The van der Waals surface area contributed by atoms with Crippen molar-refractivity contribution in [1.29, 1.82) is 0 Å². The fraction of sp³-hybridized carbons (Fsp3) is 0.318. The van der Waals surface area contributed by atoms with Crippen molar-refractivity contribution >= 4 is 11.9 Å². The molecule has 0 aliphatic carbocycles. The van der Waals surface area contributed by atoms with Gasteiger partial charge in [-0.1, -0.05) is 6.07 Å². The van der Waals surface area contributed by atoms with Crippen molar-refractivity contribution in [2.24, 2.45) is 0 Å². The van der Waals surface area contributed by atoms with Gasteiger partial charge in [0, 0.05) is 0 Å². The molecule has 0 unspecified atom stereocenters. The highest BCUT2D eigenvalue weighted by molar-refractivity contribution is 6.15. The smallest absolute Gasteiger partial charge is 0.231 e. The molecule has 0 bridgehead atoms. The number of Topliss-reactive ketones (excluding diaryl/α,β-unsaturated/α-hetero) is 1. The summed E-state index contributed by atoms with van der Waals surface area (Å²) in [5.74, 6) is 1.78. The summed E-state index contributed by atoms with van der Waals surface area (Å²) in [6, 6.07) is 8.55. The quantitative estimate of drug-likeness (QED) is 0.743. The lowest BCUT2D eigenvalue weighted by Crippen LogP contribution is -3.12. The monoisotopic (exact) mass is 398 g/mol. The van der Waals surface area contributed by atoms with E-state index in [4.69, 9.17) is 18.9 Å². The lowest BCUT2D eigenvalue weighted by molar-refractivity contribution is -0.921. The first-order chi connectivity index (χ1) is 14.1. The second-order valence-electron chi connectivity index (χ2n) is 7.03. The Kier molecular flexibility index (Phi) is 5.42. The fourth-order valence-corrected chi connectivity index (χ4v) is 3.65. The number of morpholine rings is 1. The summed E-state index contributed by atoms with van der Waals surface area (Å²) in [5, 5.41) is 10.4. The summed E-state index contributed by atoms with van der Waals surface area (Å²) in [5.41, 5.74) is 1.88. The number of quaternary nitrogens is 1. The molecule has 0 amide bonds. The number of benzene rings is 2. The van der Waals surface area contributed by atoms with Gasteiger partial charge in [-0.2, -0.15) is 0 Å². The SMILES string of the molecule is COc1ccc(/C=C2\Oc3c(ccc(O)c3C[NH+]3CCOCC3)C2=O)cc1OC. The second-order valence-corrected chi connectivity index (χ2v) is 7.03. The van der Waals surface area contributed by atoms with Crippen LogP contribution in [0.4, 0.5) is 0 Å². The van der Waals surface area contributed by atoms with Crippen molar-refractivity contribution in [3.63, 3.8) is 0 Å². The van der Waals surface area contributed by atoms with Crippen molar-refractivity contribution < 1.29 is 33.7 Å². The zero-order valence-corrected chi connectivity index (χ0v) is 16.5. The molecule has 0 saturated carbocycles. The molecule has 152 valence electrons. The maximum Gasteiger partial charge on any atom is 0.231 e. The van der Waals surface area contributed by atoms with Crippen LogP contribution in [0.5, 0.6) is 23.0 Å². The number of nitrogens with one attached hydrogen (secondary N) is 1. The van der Waals surface area contributed by atoms with Gasteiger partial charge in [0.1, 0.15) is 25.4 Å². The van der Waals surface area contributed by atoms with Gasteiger partial charge in [0.15, 0.2) is 23.0 Å². The molecule has 0 radical (unpaired) electrons. The molecular formula is C22H24NO6+. The highest BCUT2D eigenvalue weighted by Crippen LogP contribution is 2.39. The predicted octanol–water partition coefficient (Wildman–Crippen LogP) is 1.44. The fourth-order valence-electron chi connectivity index (χ4n) is 3.65. The van der Waals surface area contributed by atoms with E-state index in [0.29, 0.717) is 48.1 Å². The number of allylic oxidation sites excluding steroid dienone is 1. The van der Waals surface area contributed by atoms with E-state index in [9.17, 15) is 9.90 Å². The van der Waals surface area contributed by atoms with E-state index in [0.717, 1.165) is 18.7 Å². The number of hydrogen-bond acceptors (Lipinski definition) is 6. The van der Waals surface area contributed by atoms with Crippen molar-refractivity contribution in [1.82, 2.24) is 0 Å². The van der Waals surface area contributed by atoms with Crippen LogP contribution < -0.4 is 19.1 Å². The van der Waals surface area contributed by atoms with Gasteiger partial charge in [-0.3, -0.25) is 4.79 Å².